The average Bonchev–Trinajstić information content (AvgIpc) is 3.91. The van der Waals surface area contributed by atoms with Crippen LogP contribution in [0.2, 0.25) is 0 Å². The zero-order chi connectivity index (χ0) is 37.5. The molecule has 3 N–H and O–H groups in total. The van der Waals surface area contributed by atoms with Crippen LogP contribution in [0.3, 0.4) is 0 Å². The number of rotatable bonds is 15. The van der Waals surface area contributed by atoms with Crippen LogP contribution in [0.1, 0.15) is 75.2 Å². The zero-order valence-electron chi connectivity index (χ0n) is 29.3. The first-order valence-electron chi connectivity index (χ1n) is 17.1. The molecule has 9 nitrogen and oxygen atoms in total. The van der Waals surface area contributed by atoms with E-state index in [0.29, 0.717) is 49.2 Å². The first-order valence-corrected chi connectivity index (χ1v) is 17.7. The Morgan fingerprint density at radius 1 is 1.20 bits per heavy atom. The number of nitrogens with two attached hydrogens (primary N) is 1. The van der Waals surface area contributed by atoms with Gasteiger partial charge in [-0.25, -0.2) is 22.6 Å². The summed E-state index contributed by atoms with van der Waals surface area (Å²) in [5.41, 5.74) is 4.32. The maximum absolute atomic E-state index is 14.5. The molecule has 1 saturated heterocycles. The van der Waals surface area contributed by atoms with E-state index in [4.69, 9.17) is 10.5 Å². The molecule has 276 valence electrons. The maximum atomic E-state index is 14.5. The van der Waals surface area contributed by atoms with E-state index in [-0.39, 0.29) is 65.7 Å². The van der Waals surface area contributed by atoms with Crippen LogP contribution in [-0.2, 0) is 4.79 Å². The van der Waals surface area contributed by atoms with Gasteiger partial charge in [0.25, 0.3) is 17.5 Å². The number of likely N-dealkylation sites (tertiary alicyclic amines) is 1. The van der Waals surface area contributed by atoms with Crippen LogP contribution in [0.5, 0.6) is 5.75 Å². The van der Waals surface area contributed by atoms with E-state index in [1.165, 1.54) is 29.3 Å². The Hall–Kier alpha value is -4.25. The van der Waals surface area contributed by atoms with Crippen molar-refractivity contribution in [1.29, 1.82) is 0 Å². The van der Waals surface area contributed by atoms with E-state index in [0.717, 1.165) is 19.4 Å². The van der Waals surface area contributed by atoms with Crippen molar-refractivity contribution in [3.63, 3.8) is 0 Å². The molecule has 0 radical (unpaired) electrons. The lowest BCUT2D eigenvalue weighted by molar-refractivity contribution is -0.144. The monoisotopic (exact) mass is 730 g/mol. The van der Waals surface area contributed by atoms with Crippen LogP contribution < -0.4 is 15.8 Å². The molecule has 51 heavy (non-hydrogen) atoms. The molecule has 0 aromatic heterocycles. The number of amidine groups is 1. The number of alkyl halides is 4. The van der Waals surface area contributed by atoms with Gasteiger partial charge in [0.05, 0.1) is 12.6 Å². The molecule has 1 saturated carbocycles. The number of piperidine rings is 1. The molecule has 4 rings (SSSR count). The lowest BCUT2D eigenvalue weighted by atomic mass is 9.91. The molecule has 3 atom stereocenters. The number of ether oxygens (including phenoxy) is 1. The van der Waals surface area contributed by atoms with Gasteiger partial charge in [-0.2, -0.15) is 0 Å². The average molecular weight is 731 g/mol. The van der Waals surface area contributed by atoms with Crippen LogP contribution in [0, 0.1) is 11.8 Å². The van der Waals surface area contributed by atoms with Crippen LogP contribution in [0.15, 0.2) is 82.4 Å². The smallest absolute Gasteiger partial charge is 0.278 e. The number of halogens is 4. The number of hydrogen-bond acceptors (Lipinski definition) is 7. The molecular formula is C37H47F4N6O3P. The van der Waals surface area contributed by atoms with E-state index in [1.807, 2.05) is 11.8 Å². The minimum atomic E-state index is -3.15. The summed E-state index contributed by atoms with van der Waals surface area (Å²) in [5.74, 6) is -3.94. The van der Waals surface area contributed by atoms with Gasteiger partial charge in [-0.15, -0.1) is 0 Å². The third-order valence-corrected chi connectivity index (χ3v) is 9.21. The predicted octanol–water partition coefficient (Wildman–Crippen LogP) is 7.27. The Labute approximate surface area is 299 Å². The lowest BCUT2D eigenvalue weighted by Crippen LogP contribution is -2.54. The van der Waals surface area contributed by atoms with Crippen molar-refractivity contribution in [2.75, 3.05) is 19.7 Å². The molecule has 1 unspecified atom stereocenters. The predicted molar refractivity (Wildman–Crippen MR) is 197 cm³/mol. The second-order valence-electron chi connectivity index (χ2n) is 13.0. The minimum absolute atomic E-state index is 0.0169. The first-order chi connectivity index (χ1) is 24.1. The van der Waals surface area contributed by atoms with Gasteiger partial charge in [0, 0.05) is 60.7 Å². The molecule has 0 spiro atoms. The highest BCUT2D eigenvalue weighted by Gasteiger charge is 2.47. The summed E-state index contributed by atoms with van der Waals surface area (Å²) >= 11 is 0. The van der Waals surface area contributed by atoms with E-state index in [2.05, 4.69) is 28.6 Å². The summed E-state index contributed by atoms with van der Waals surface area (Å²) in [5, 5.41) is 2.57. The Balaban J connectivity index is 1.61. The number of aliphatic imine (C=N–C) groups is 2. The van der Waals surface area contributed by atoms with Gasteiger partial charge in [-0.05, 0) is 75.9 Å². The molecular weight excluding hydrogens is 683 g/mol. The third kappa shape index (κ3) is 10.2. The number of benzene rings is 1. The number of nitrogens with zero attached hydrogens (tertiary/aromatic N) is 4. The second kappa shape index (κ2) is 16.8. The van der Waals surface area contributed by atoms with Gasteiger partial charge in [-0.3, -0.25) is 14.6 Å². The zero-order valence-corrected chi connectivity index (χ0v) is 30.5. The van der Waals surface area contributed by atoms with E-state index < -0.39 is 23.5 Å². The summed E-state index contributed by atoms with van der Waals surface area (Å²) in [6.45, 7) is 12.7. The van der Waals surface area contributed by atoms with Gasteiger partial charge < -0.3 is 25.6 Å². The van der Waals surface area contributed by atoms with Crippen molar-refractivity contribution in [1.82, 2.24) is 15.1 Å². The van der Waals surface area contributed by atoms with Gasteiger partial charge in [0.2, 0.25) is 5.91 Å². The number of hydrogen-bond donors (Lipinski definition) is 2. The first kappa shape index (κ1) is 39.5. The SMILES string of the molecule is C=N/C(=C1/C(N)=NC=CN1C[C@@H]1CC[C@@H](C(F)(F)P)N(C(=O)C2CC2)C1)c1ccc(C(=O)NC(=C)/C=C(\C=C/CCC)C(C)(F)F)cc1OCC. The largest absolute Gasteiger partial charge is 0.493 e. The summed E-state index contributed by atoms with van der Waals surface area (Å²) in [4.78, 5) is 38.1. The summed E-state index contributed by atoms with van der Waals surface area (Å²) in [6.07, 6.45) is 10.8. The Kier molecular flexibility index (Phi) is 13.1. The number of amides is 2. The maximum Gasteiger partial charge on any atom is 0.278 e. The van der Waals surface area contributed by atoms with Crippen LogP contribution in [-0.4, -0.2) is 71.5 Å². The number of unbranched alkanes of at least 4 members (excludes halogenated alkanes) is 1. The van der Waals surface area contributed by atoms with Crippen molar-refractivity contribution >= 4 is 39.3 Å². The van der Waals surface area contributed by atoms with Crippen molar-refractivity contribution in [2.45, 2.75) is 76.9 Å². The topological polar surface area (TPSA) is 113 Å². The molecule has 1 aliphatic carbocycles. The fraction of sp³-hybridized carbons (Fsp3) is 0.459. The fourth-order valence-electron chi connectivity index (χ4n) is 6.13. The summed E-state index contributed by atoms with van der Waals surface area (Å²) < 4.78 is 63.5. The molecule has 3 aliphatic rings. The number of carbonyl (C=O) groups excluding carboxylic acids is 2. The van der Waals surface area contributed by atoms with Crippen molar-refractivity contribution in [3.8, 4) is 5.75 Å². The van der Waals surface area contributed by atoms with Gasteiger partial charge in [0.1, 0.15) is 23.0 Å². The highest BCUT2D eigenvalue weighted by Crippen LogP contribution is 2.41. The number of allylic oxidation sites excluding steroid dienone is 4. The lowest BCUT2D eigenvalue weighted by Gasteiger charge is -2.43. The van der Waals surface area contributed by atoms with Crippen LogP contribution in [0.25, 0.3) is 5.70 Å². The van der Waals surface area contributed by atoms with Crippen molar-refractivity contribution in [2.24, 2.45) is 27.6 Å². The molecule has 14 heteroatoms. The van der Waals surface area contributed by atoms with Gasteiger partial charge in [0.15, 0.2) is 0 Å². The molecule has 0 bridgehead atoms. The third-order valence-electron chi connectivity index (χ3n) is 8.82. The quantitative estimate of drug-likeness (QED) is 0.0854. The molecule has 2 amide bonds. The molecule has 2 heterocycles. The van der Waals surface area contributed by atoms with E-state index >= 15 is 0 Å². The van der Waals surface area contributed by atoms with Crippen LogP contribution in [0.4, 0.5) is 17.6 Å². The summed E-state index contributed by atoms with van der Waals surface area (Å²) in [7, 11) is 1.59. The van der Waals surface area contributed by atoms with Gasteiger partial charge in [-0.1, -0.05) is 41.3 Å². The minimum Gasteiger partial charge on any atom is -0.493 e. The normalized spacial score (nSPS) is 21.0. The van der Waals surface area contributed by atoms with E-state index in [1.54, 1.807) is 34.5 Å². The number of carbonyl (C=O) groups is 2. The van der Waals surface area contributed by atoms with Crippen molar-refractivity contribution < 1.29 is 31.9 Å². The summed E-state index contributed by atoms with van der Waals surface area (Å²) in [6, 6.07) is 3.44. The number of nitrogens with one attached hydrogen (secondary N) is 1. The standard InChI is InChI=1S/C37H47F4N6O3P/c1-6-8-9-10-27(36(4,38)39)19-23(3)45-34(48)26-14-15-28(29(20-26)50-7-2)31(43-5)32-33(42)44-17-18-46(32)21-24-11-16-30(37(40,41)51)47(22-24)35(49)25-12-13-25/h9-10,14-15,17-20,24-25,30H,3,5-8,11-13,16,21-22,51H2,1-2,4H3,(H2,42,44)(H,45,48)/b10-9-,27-19+,32-31-/t24-,30-/m0/s1. The van der Waals surface area contributed by atoms with Crippen molar-refractivity contribution in [3.05, 3.63) is 83.5 Å². The highest BCUT2D eigenvalue weighted by molar-refractivity contribution is 7.18. The Bertz CT molecular complexity index is 1660. The van der Waals surface area contributed by atoms with E-state index in [9.17, 15) is 27.2 Å². The molecule has 1 aromatic rings. The highest BCUT2D eigenvalue weighted by atomic mass is 31.0. The van der Waals surface area contributed by atoms with Gasteiger partial charge >= 0.3 is 0 Å². The Morgan fingerprint density at radius 3 is 2.53 bits per heavy atom. The molecule has 2 fully saturated rings. The molecule has 1 aromatic carbocycles. The second-order valence-corrected chi connectivity index (χ2v) is 13.8. The Morgan fingerprint density at radius 2 is 1.92 bits per heavy atom. The van der Waals surface area contributed by atoms with Crippen LogP contribution >= 0.6 is 9.24 Å². The molecule has 2 aliphatic heterocycles. The fourth-order valence-corrected chi connectivity index (χ4v) is 6.48.